The Labute approximate surface area is 123 Å². The number of esters is 1. The summed E-state index contributed by atoms with van der Waals surface area (Å²) < 4.78 is 4.80. The molecule has 0 spiro atoms. The van der Waals surface area contributed by atoms with E-state index in [0.717, 1.165) is 22.4 Å². The van der Waals surface area contributed by atoms with Crippen LogP contribution >= 0.6 is 11.3 Å². The van der Waals surface area contributed by atoms with E-state index >= 15 is 0 Å². The van der Waals surface area contributed by atoms with Crippen molar-refractivity contribution in [3.8, 4) is 11.1 Å². The highest BCUT2D eigenvalue weighted by Gasteiger charge is 2.21. The Morgan fingerprint density at radius 1 is 1.30 bits per heavy atom. The predicted octanol–water partition coefficient (Wildman–Crippen LogP) is 3.96. The van der Waals surface area contributed by atoms with Gasteiger partial charge in [0.2, 0.25) is 0 Å². The highest BCUT2D eigenvalue weighted by molar-refractivity contribution is 7.15. The average molecular weight is 289 g/mol. The van der Waals surface area contributed by atoms with Crippen molar-refractivity contribution in [1.29, 1.82) is 0 Å². The second kappa shape index (κ2) is 5.67. The zero-order chi connectivity index (χ0) is 14.9. The summed E-state index contributed by atoms with van der Waals surface area (Å²) >= 11 is 1.42. The molecule has 106 valence electrons. The van der Waals surface area contributed by atoms with Gasteiger partial charge in [-0.2, -0.15) is 0 Å². The molecule has 1 aromatic heterocycles. The fraction of sp³-hybridized carbons (Fsp3) is 0.312. The van der Waals surface area contributed by atoms with Gasteiger partial charge in [0.25, 0.3) is 0 Å². The van der Waals surface area contributed by atoms with E-state index < -0.39 is 0 Å². The van der Waals surface area contributed by atoms with Crippen molar-refractivity contribution in [1.82, 2.24) is 0 Å². The molecule has 0 aliphatic rings. The minimum absolute atomic E-state index is 0.364. The first-order chi connectivity index (χ1) is 9.49. The number of hydrogen-bond donors (Lipinski definition) is 1. The van der Waals surface area contributed by atoms with Crippen LogP contribution in [-0.2, 0) is 11.2 Å². The molecule has 0 saturated carbocycles. The second-order valence-electron chi connectivity index (χ2n) is 4.79. The van der Waals surface area contributed by atoms with Crippen LogP contribution in [-0.4, -0.2) is 13.1 Å². The number of benzene rings is 1. The van der Waals surface area contributed by atoms with Crippen LogP contribution in [0.3, 0.4) is 0 Å². The Bertz CT molecular complexity index is 659. The summed E-state index contributed by atoms with van der Waals surface area (Å²) in [5, 5.41) is 0. The maximum Gasteiger partial charge on any atom is 0.350 e. The number of carbonyl (C=O) groups is 1. The average Bonchev–Trinajstić information content (AvgIpc) is 2.78. The first-order valence-corrected chi connectivity index (χ1v) is 7.38. The Kier molecular flexibility index (Phi) is 4.14. The Morgan fingerprint density at radius 3 is 2.55 bits per heavy atom. The van der Waals surface area contributed by atoms with E-state index in [-0.39, 0.29) is 5.97 Å². The van der Waals surface area contributed by atoms with Gasteiger partial charge in [0.15, 0.2) is 0 Å². The van der Waals surface area contributed by atoms with Crippen molar-refractivity contribution in [2.75, 3.05) is 12.8 Å². The third-order valence-corrected chi connectivity index (χ3v) is 4.84. The fourth-order valence-corrected chi connectivity index (χ4v) is 3.30. The zero-order valence-corrected chi connectivity index (χ0v) is 13.1. The Morgan fingerprint density at radius 2 is 2.00 bits per heavy atom. The molecule has 0 atom stereocenters. The lowest BCUT2D eigenvalue weighted by molar-refractivity contribution is 0.0607. The van der Waals surface area contributed by atoms with Crippen molar-refractivity contribution in [3.05, 3.63) is 39.1 Å². The van der Waals surface area contributed by atoms with E-state index in [2.05, 4.69) is 39.0 Å². The summed E-state index contributed by atoms with van der Waals surface area (Å²) in [5.41, 5.74) is 11.2. The SMILES string of the molecule is CCc1sc(C(=O)OC)c(N)c1-c1ccc(C)c(C)c1. The van der Waals surface area contributed by atoms with Gasteiger partial charge in [0.05, 0.1) is 12.8 Å². The smallest absolute Gasteiger partial charge is 0.350 e. The number of anilines is 1. The number of aryl methyl sites for hydroxylation is 3. The van der Waals surface area contributed by atoms with Gasteiger partial charge in [-0.15, -0.1) is 11.3 Å². The number of ether oxygens (including phenoxy) is 1. The quantitative estimate of drug-likeness (QED) is 0.870. The summed E-state index contributed by atoms with van der Waals surface area (Å²) in [6.07, 6.45) is 0.841. The molecule has 0 bridgehead atoms. The van der Waals surface area contributed by atoms with Crippen LogP contribution in [0.4, 0.5) is 5.69 Å². The second-order valence-corrected chi connectivity index (χ2v) is 5.89. The van der Waals surface area contributed by atoms with Crippen molar-refractivity contribution in [2.24, 2.45) is 0 Å². The molecule has 3 nitrogen and oxygen atoms in total. The number of rotatable bonds is 3. The van der Waals surface area contributed by atoms with Crippen molar-refractivity contribution < 1.29 is 9.53 Å². The monoisotopic (exact) mass is 289 g/mol. The van der Waals surface area contributed by atoms with Crippen LogP contribution in [0.2, 0.25) is 0 Å². The molecule has 0 amide bonds. The van der Waals surface area contributed by atoms with Crippen molar-refractivity contribution >= 4 is 23.0 Å². The fourth-order valence-electron chi connectivity index (χ4n) is 2.20. The van der Waals surface area contributed by atoms with Crippen LogP contribution in [0.1, 0.15) is 32.6 Å². The third-order valence-electron chi connectivity index (χ3n) is 3.51. The molecular formula is C16H19NO2S. The minimum atomic E-state index is -0.364. The van der Waals surface area contributed by atoms with Crippen LogP contribution in [0.25, 0.3) is 11.1 Å². The molecule has 0 radical (unpaired) electrons. The number of carbonyl (C=O) groups excluding carboxylic acids is 1. The first kappa shape index (κ1) is 14.6. The third kappa shape index (κ3) is 2.43. The van der Waals surface area contributed by atoms with Gasteiger partial charge in [-0.25, -0.2) is 4.79 Å². The molecule has 0 fully saturated rings. The van der Waals surface area contributed by atoms with Gasteiger partial charge in [-0.3, -0.25) is 0 Å². The molecule has 2 aromatic rings. The van der Waals surface area contributed by atoms with Gasteiger partial charge >= 0.3 is 5.97 Å². The summed E-state index contributed by atoms with van der Waals surface area (Å²) in [4.78, 5) is 13.4. The standard InChI is InChI=1S/C16H19NO2S/c1-5-12-13(11-7-6-9(2)10(3)8-11)14(17)15(20-12)16(18)19-4/h6-8H,5,17H2,1-4H3. The van der Waals surface area contributed by atoms with Gasteiger partial charge < -0.3 is 10.5 Å². The van der Waals surface area contributed by atoms with Gasteiger partial charge in [-0.1, -0.05) is 25.1 Å². The summed E-state index contributed by atoms with van der Waals surface area (Å²) in [6, 6.07) is 6.26. The molecule has 0 aliphatic carbocycles. The molecule has 0 saturated heterocycles. The molecule has 4 heteroatoms. The highest BCUT2D eigenvalue weighted by Crippen LogP contribution is 2.40. The molecule has 0 unspecified atom stereocenters. The topological polar surface area (TPSA) is 52.3 Å². The number of hydrogen-bond acceptors (Lipinski definition) is 4. The normalized spacial score (nSPS) is 10.6. The van der Waals surface area contributed by atoms with Crippen LogP contribution in [0.15, 0.2) is 18.2 Å². The minimum Gasteiger partial charge on any atom is -0.465 e. The molecule has 2 N–H and O–H groups in total. The van der Waals surface area contributed by atoms with Crippen molar-refractivity contribution in [2.45, 2.75) is 27.2 Å². The van der Waals surface area contributed by atoms with Crippen LogP contribution < -0.4 is 5.73 Å². The molecular weight excluding hydrogens is 270 g/mol. The van der Waals surface area contributed by atoms with Crippen LogP contribution in [0, 0.1) is 13.8 Å². The van der Waals surface area contributed by atoms with Gasteiger partial charge in [0, 0.05) is 10.4 Å². The molecule has 1 aromatic carbocycles. The lowest BCUT2D eigenvalue weighted by Gasteiger charge is -2.07. The Balaban J connectivity index is 2.63. The maximum absolute atomic E-state index is 11.8. The molecule has 0 aliphatic heterocycles. The van der Waals surface area contributed by atoms with Crippen molar-refractivity contribution in [3.63, 3.8) is 0 Å². The maximum atomic E-state index is 11.8. The number of methoxy groups -OCH3 is 1. The Hall–Kier alpha value is -1.81. The number of nitrogen functional groups attached to an aromatic ring is 1. The molecule has 1 heterocycles. The molecule has 2 rings (SSSR count). The van der Waals surface area contributed by atoms with E-state index in [1.807, 2.05) is 0 Å². The van der Waals surface area contributed by atoms with E-state index in [9.17, 15) is 4.79 Å². The largest absolute Gasteiger partial charge is 0.465 e. The van der Waals surface area contributed by atoms with E-state index in [4.69, 9.17) is 10.5 Å². The summed E-state index contributed by atoms with van der Waals surface area (Å²) in [6.45, 7) is 6.22. The zero-order valence-electron chi connectivity index (χ0n) is 12.2. The highest BCUT2D eigenvalue weighted by atomic mass is 32.1. The lowest BCUT2D eigenvalue weighted by Crippen LogP contribution is -2.02. The van der Waals surface area contributed by atoms with Gasteiger partial charge in [0.1, 0.15) is 4.88 Å². The summed E-state index contributed by atoms with van der Waals surface area (Å²) in [7, 11) is 1.38. The number of nitrogens with two attached hydrogens (primary N) is 1. The van der Waals surface area contributed by atoms with E-state index in [1.165, 1.54) is 29.6 Å². The van der Waals surface area contributed by atoms with Crippen LogP contribution in [0.5, 0.6) is 0 Å². The van der Waals surface area contributed by atoms with E-state index in [1.54, 1.807) is 0 Å². The number of thiophene rings is 1. The predicted molar refractivity (Wildman–Crippen MR) is 84.4 cm³/mol. The molecule has 20 heavy (non-hydrogen) atoms. The van der Waals surface area contributed by atoms with E-state index in [0.29, 0.717) is 10.6 Å². The lowest BCUT2D eigenvalue weighted by atomic mass is 9.99. The van der Waals surface area contributed by atoms with Gasteiger partial charge in [-0.05, 0) is 37.0 Å². The summed E-state index contributed by atoms with van der Waals surface area (Å²) in [5.74, 6) is -0.364. The first-order valence-electron chi connectivity index (χ1n) is 6.56.